The van der Waals surface area contributed by atoms with Gasteiger partial charge in [-0.25, -0.2) is 4.98 Å². The molecule has 1 amide bonds. The average Bonchev–Trinajstić information content (AvgIpc) is 3.37. The summed E-state index contributed by atoms with van der Waals surface area (Å²) in [5, 5.41) is 0.359. The van der Waals surface area contributed by atoms with Crippen LogP contribution in [0.3, 0.4) is 0 Å². The predicted octanol–water partition coefficient (Wildman–Crippen LogP) is 4.62. The second-order valence-electron chi connectivity index (χ2n) is 7.22. The molecule has 0 N–H and O–H groups in total. The molecule has 0 unspecified atom stereocenters. The summed E-state index contributed by atoms with van der Waals surface area (Å²) in [4.78, 5) is 32.1. The van der Waals surface area contributed by atoms with Crippen LogP contribution in [0.2, 0.25) is 0 Å². The van der Waals surface area contributed by atoms with Gasteiger partial charge in [0.2, 0.25) is 5.91 Å². The van der Waals surface area contributed by atoms with E-state index in [-0.39, 0.29) is 12.3 Å². The van der Waals surface area contributed by atoms with Gasteiger partial charge in [0.25, 0.3) is 5.56 Å². The van der Waals surface area contributed by atoms with E-state index in [1.807, 2.05) is 30.3 Å². The predicted molar refractivity (Wildman–Crippen MR) is 114 cm³/mol. The number of carbonyl (C=O) groups excluding carboxylic acids is 1. The molecule has 0 bridgehead atoms. The Morgan fingerprint density at radius 2 is 1.94 bits per heavy atom. The maximum atomic E-state index is 13.1. The Bertz CT molecular complexity index is 1300. The fourth-order valence-electron chi connectivity index (χ4n) is 3.42. The van der Waals surface area contributed by atoms with Crippen molar-refractivity contribution in [1.29, 1.82) is 0 Å². The summed E-state index contributed by atoms with van der Waals surface area (Å²) in [7, 11) is 0. The first-order valence-corrected chi connectivity index (χ1v) is 10.5. The molecule has 0 fully saturated rings. The molecule has 32 heavy (non-hydrogen) atoms. The molecule has 0 aliphatic heterocycles. The Balaban J connectivity index is 1.65. The number of hydrogen-bond acceptors (Lipinski definition) is 5. The number of benzene rings is 1. The lowest BCUT2D eigenvalue weighted by Gasteiger charge is -2.23. The van der Waals surface area contributed by atoms with E-state index in [0.29, 0.717) is 15.1 Å². The minimum absolute atomic E-state index is 0.213. The van der Waals surface area contributed by atoms with E-state index in [1.165, 1.54) is 36.1 Å². The van der Waals surface area contributed by atoms with E-state index >= 15 is 0 Å². The van der Waals surface area contributed by atoms with Crippen LogP contribution in [0.15, 0.2) is 64.3 Å². The van der Waals surface area contributed by atoms with E-state index in [1.54, 1.807) is 6.92 Å². The second kappa shape index (κ2) is 8.62. The summed E-state index contributed by atoms with van der Waals surface area (Å²) in [6.45, 7) is -0.574. The van der Waals surface area contributed by atoms with Crippen molar-refractivity contribution in [2.75, 3.05) is 6.54 Å². The Kier molecular flexibility index (Phi) is 5.88. The highest BCUT2D eigenvalue weighted by Gasteiger charge is 2.33. The van der Waals surface area contributed by atoms with Crippen LogP contribution in [-0.2, 0) is 17.9 Å². The van der Waals surface area contributed by atoms with Gasteiger partial charge < -0.3 is 9.32 Å². The van der Waals surface area contributed by atoms with E-state index in [4.69, 9.17) is 4.42 Å². The number of amides is 1. The summed E-state index contributed by atoms with van der Waals surface area (Å²) in [5.41, 5.74) is 1.19. The first kappa shape index (κ1) is 21.8. The maximum Gasteiger partial charge on any atom is 0.406 e. The van der Waals surface area contributed by atoms with Crippen molar-refractivity contribution in [2.24, 2.45) is 0 Å². The standard InChI is InChI=1S/C22H18F3N3O3S/c1-14-18-20(32-19(14)15-6-3-2-4-7-15)26-13-28(21(18)30)11-17(29)27(12-22(23,24)25)10-16-8-5-9-31-16/h2-9,13H,10-12H2,1H3. The zero-order chi connectivity index (χ0) is 22.9. The molecule has 0 aliphatic rings. The minimum atomic E-state index is -4.59. The van der Waals surface area contributed by atoms with Crippen LogP contribution in [0.5, 0.6) is 0 Å². The number of aromatic nitrogens is 2. The zero-order valence-corrected chi connectivity index (χ0v) is 17.7. The fourth-order valence-corrected chi connectivity index (χ4v) is 4.57. The summed E-state index contributed by atoms with van der Waals surface area (Å²) in [5.74, 6) is -0.650. The fraction of sp³-hybridized carbons (Fsp3) is 0.227. The molecular weight excluding hydrogens is 443 g/mol. The third-order valence-corrected chi connectivity index (χ3v) is 6.16. The average molecular weight is 461 g/mol. The van der Waals surface area contributed by atoms with E-state index in [9.17, 15) is 22.8 Å². The number of alkyl halides is 3. The number of nitrogens with zero attached hydrogens (tertiary/aromatic N) is 3. The number of rotatable bonds is 6. The van der Waals surface area contributed by atoms with Crippen LogP contribution in [0.4, 0.5) is 13.2 Å². The molecule has 0 saturated heterocycles. The van der Waals surface area contributed by atoms with Gasteiger partial charge >= 0.3 is 6.18 Å². The van der Waals surface area contributed by atoms with Gasteiger partial charge in [-0.3, -0.25) is 14.2 Å². The molecule has 166 valence electrons. The van der Waals surface area contributed by atoms with Gasteiger partial charge in [-0.15, -0.1) is 11.3 Å². The Labute approximate surface area is 184 Å². The number of furan rings is 1. The molecular formula is C22H18F3N3O3S. The van der Waals surface area contributed by atoms with Crippen molar-refractivity contribution in [2.45, 2.75) is 26.2 Å². The number of fused-ring (bicyclic) bond motifs is 1. The molecule has 4 rings (SSSR count). The monoisotopic (exact) mass is 461 g/mol. The Morgan fingerprint density at radius 3 is 2.59 bits per heavy atom. The summed E-state index contributed by atoms with van der Waals surface area (Å²) in [6.07, 6.45) is -2.08. The highest BCUT2D eigenvalue weighted by Crippen LogP contribution is 2.35. The summed E-state index contributed by atoms with van der Waals surface area (Å²) < 4.78 is 45.2. The maximum absolute atomic E-state index is 13.1. The zero-order valence-electron chi connectivity index (χ0n) is 16.9. The van der Waals surface area contributed by atoms with Crippen LogP contribution in [-0.4, -0.2) is 33.1 Å². The van der Waals surface area contributed by atoms with Crippen molar-refractivity contribution in [3.05, 3.63) is 76.7 Å². The van der Waals surface area contributed by atoms with Crippen molar-refractivity contribution in [1.82, 2.24) is 14.5 Å². The number of thiophene rings is 1. The highest BCUT2D eigenvalue weighted by molar-refractivity contribution is 7.22. The lowest BCUT2D eigenvalue weighted by Crippen LogP contribution is -2.41. The van der Waals surface area contributed by atoms with E-state index in [0.717, 1.165) is 20.6 Å². The second-order valence-corrected chi connectivity index (χ2v) is 8.22. The molecule has 6 nitrogen and oxygen atoms in total. The topological polar surface area (TPSA) is 68.3 Å². The number of carbonyl (C=O) groups is 1. The summed E-state index contributed by atoms with van der Waals surface area (Å²) >= 11 is 1.35. The van der Waals surface area contributed by atoms with Crippen molar-refractivity contribution < 1.29 is 22.4 Å². The Morgan fingerprint density at radius 1 is 1.19 bits per heavy atom. The number of hydrogen-bond donors (Lipinski definition) is 0. The molecule has 10 heteroatoms. The first-order chi connectivity index (χ1) is 15.2. The number of halogens is 3. The number of aryl methyl sites for hydroxylation is 1. The molecule has 0 atom stereocenters. The molecule has 1 aromatic carbocycles. The van der Waals surface area contributed by atoms with Gasteiger partial charge in [0.1, 0.15) is 23.7 Å². The van der Waals surface area contributed by atoms with Crippen LogP contribution in [0, 0.1) is 6.92 Å². The first-order valence-electron chi connectivity index (χ1n) is 9.64. The van der Waals surface area contributed by atoms with Crippen LogP contribution in [0.1, 0.15) is 11.3 Å². The van der Waals surface area contributed by atoms with Crippen LogP contribution in [0.25, 0.3) is 20.7 Å². The van der Waals surface area contributed by atoms with Gasteiger partial charge in [-0.05, 0) is 30.2 Å². The minimum Gasteiger partial charge on any atom is -0.467 e. The largest absolute Gasteiger partial charge is 0.467 e. The summed E-state index contributed by atoms with van der Waals surface area (Å²) in [6, 6.07) is 12.5. The molecule has 3 heterocycles. The normalized spacial score (nSPS) is 11.8. The molecule has 0 spiro atoms. The lowest BCUT2D eigenvalue weighted by atomic mass is 10.1. The van der Waals surface area contributed by atoms with E-state index < -0.39 is 30.7 Å². The van der Waals surface area contributed by atoms with Gasteiger partial charge in [0.15, 0.2) is 0 Å². The van der Waals surface area contributed by atoms with Gasteiger partial charge in [0, 0.05) is 4.88 Å². The highest BCUT2D eigenvalue weighted by atomic mass is 32.1. The molecule has 0 radical (unpaired) electrons. The lowest BCUT2D eigenvalue weighted by molar-refractivity contribution is -0.163. The van der Waals surface area contributed by atoms with Crippen molar-refractivity contribution in [3.63, 3.8) is 0 Å². The van der Waals surface area contributed by atoms with E-state index in [2.05, 4.69) is 4.98 Å². The molecule has 3 aromatic heterocycles. The van der Waals surface area contributed by atoms with Gasteiger partial charge in [-0.1, -0.05) is 30.3 Å². The molecule has 0 aliphatic carbocycles. The quantitative estimate of drug-likeness (QED) is 0.420. The van der Waals surface area contributed by atoms with Crippen LogP contribution >= 0.6 is 11.3 Å². The van der Waals surface area contributed by atoms with Crippen LogP contribution < -0.4 is 5.56 Å². The third-order valence-electron chi connectivity index (χ3n) is 4.91. The third kappa shape index (κ3) is 4.59. The SMILES string of the molecule is Cc1c(-c2ccccc2)sc2ncn(CC(=O)N(Cc3ccco3)CC(F)(F)F)c(=O)c12. The smallest absolute Gasteiger partial charge is 0.406 e. The van der Waals surface area contributed by atoms with Gasteiger partial charge in [0.05, 0.1) is 24.5 Å². The molecule has 4 aromatic rings. The van der Waals surface area contributed by atoms with Crippen molar-refractivity contribution in [3.8, 4) is 10.4 Å². The van der Waals surface area contributed by atoms with Gasteiger partial charge in [-0.2, -0.15) is 13.2 Å². The molecule has 0 saturated carbocycles. The van der Waals surface area contributed by atoms with Crippen molar-refractivity contribution >= 4 is 27.5 Å². The Hall–Kier alpha value is -3.40.